The van der Waals surface area contributed by atoms with E-state index in [0.717, 1.165) is 32.4 Å². The predicted octanol–water partition coefficient (Wildman–Crippen LogP) is 1.92. The zero-order valence-corrected chi connectivity index (χ0v) is 9.42. The molecule has 15 heavy (non-hydrogen) atoms. The highest BCUT2D eigenvalue weighted by Gasteiger charge is 2.62. The highest BCUT2D eigenvalue weighted by atomic mass is 16.5. The van der Waals surface area contributed by atoms with Crippen LogP contribution >= 0.6 is 0 Å². The maximum atomic E-state index is 12.0. The molecule has 3 aliphatic rings. The molecular formula is C12H19NO2. The van der Waals surface area contributed by atoms with E-state index in [9.17, 15) is 4.79 Å². The third-order valence-electron chi connectivity index (χ3n) is 4.58. The topological polar surface area (TPSA) is 29.5 Å². The van der Waals surface area contributed by atoms with Gasteiger partial charge in [0.1, 0.15) is 5.72 Å². The van der Waals surface area contributed by atoms with Gasteiger partial charge in [0.25, 0.3) is 0 Å². The van der Waals surface area contributed by atoms with Crippen molar-refractivity contribution in [1.82, 2.24) is 4.90 Å². The number of carbonyl (C=O) groups is 1. The van der Waals surface area contributed by atoms with Crippen LogP contribution in [0.3, 0.4) is 0 Å². The van der Waals surface area contributed by atoms with Crippen molar-refractivity contribution in [3.05, 3.63) is 0 Å². The fourth-order valence-electron chi connectivity index (χ4n) is 3.79. The van der Waals surface area contributed by atoms with E-state index in [1.54, 1.807) is 0 Å². The Labute approximate surface area is 90.8 Å². The molecule has 1 aliphatic carbocycles. The van der Waals surface area contributed by atoms with Gasteiger partial charge in [0, 0.05) is 18.4 Å². The van der Waals surface area contributed by atoms with Crippen molar-refractivity contribution >= 4 is 5.91 Å². The van der Waals surface area contributed by atoms with E-state index in [-0.39, 0.29) is 11.1 Å². The van der Waals surface area contributed by atoms with Gasteiger partial charge in [-0.25, -0.2) is 0 Å². The molecule has 0 radical (unpaired) electrons. The molecule has 0 aromatic heterocycles. The first-order valence-corrected chi connectivity index (χ1v) is 6.12. The summed E-state index contributed by atoms with van der Waals surface area (Å²) in [5.41, 5.74) is -0.136. The van der Waals surface area contributed by atoms with Crippen LogP contribution in [0.4, 0.5) is 0 Å². The SMILES string of the molecule is CC12CCCCC13OCCCN3C(=O)C2. The molecule has 0 N–H and O–H groups in total. The minimum atomic E-state index is -0.222. The Kier molecular flexibility index (Phi) is 1.91. The lowest BCUT2D eigenvalue weighted by Crippen LogP contribution is -2.59. The zero-order valence-electron chi connectivity index (χ0n) is 9.42. The Morgan fingerprint density at radius 1 is 1.27 bits per heavy atom. The molecule has 2 unspecified atom stereocenters. The van der Waals surface area contributed by atoms with Gasteiger partial charge < -0.3 is 9.64 Å². The molecule has 3 heteroatoms. The molecule has 0 aromatic rings. The smallest absolute Gasteiger partial charge is 0.225 e. The quantitative estimate of drug-likeness (QED) is 0.610. The van der Waals surface area contributed by atoms with E-state index in [2.05, 4.69) is 6.92 Å². The van der Waals surface area contributed by atoms with Crippen molar-refractivity contribution in [3.8, 4) is 0 Å². The Morgan fingerprint density at radius 3 is 2.93 bits per heavy atom. The van der Waals surface area contributed by atoms with Crippen molar-refractivity contribution < 1.29 is 9.53 Å². The van der Waals surface area contributed by atoms with Gasteiger partial charge in [-0.15, -0.1) is 0 Å². The molecule has 3 nitrogen and oxygen atoms in total. The number of hydrogen-bond acceptors (Lipinski definition) is 2. The summed E-state index contributed by atoms with van der Waals surface area (Å²) in [6.45, 7) is 3.99. The Bertz CT molecular complexity index is 298. The first kappa shape index (κ1) is 9.64. The first-order valence-electron chi connectivity index (χ1n) is 6.12. The van der Waals surface area contributed by atoms with Crippen molar-refractivity contribution in [1.29, 1.82) is 0 Å². The third-order valence-corrected chi connectivity index (χ3v) is 4.58. The van der Waals surface area contributed by atoms with Crippen LogP contribution in [0.1, 0.15) is 45.4 Å². The standard InChI is InChI=1S/C12H19NO2/c1-11-5-2-3-6-12(11)13(10(14)9-11)7-4-8-15-12/h2-9H2,1H3. The van der Waals surface area contributed by atoms with E-state index < -0.39 is 0 Å². The van der Waals surface area contributed by atoms with Crippen LogP contribution in [-0.4, -0.2) is 29.7 Å². The van der Waals surface area contributed by atoms with Gasteiger partial charge in [-0.1, -0.05) is 13.3 Å². The van der Waals surface area contributed by atoms with Crippen LogP contribution in [0.5, 0.6) is 0 Å². The largest absolute Gasteiger partial charge is 0.355 e. The first-order chi connectivity index (χ1) is 7.18. The summed E-state index contributed by atoms with van der Waals surface area (Å²) in [7, 11) is 0. The molecule has 3 fully saturated rings. The maximum Gasteiger partial charge on any atom is 0.225 e. The molecule has 2 heterocycles. The van der Waals surface area contributed by atoms with E-state index >= 15 is 0 Å². The Balaban J connectivity index is 2.03. The van der Waals surface area contributed by atoms with E-state index in [1.807, 2.05) is 4.90 Å². The third kappa shape index (κ3) is 1.07. The van der Waals surface area contributed by atoms with Crippen molar-refractivity contribution in [3.63, 3.8) is 0 Å². The minimum Gasteiger partial charge on any atom is -0.355 e. The van der Waals surface area contributed by atoms with E-state index in [1.165, 1.54) is 12.8 Å². The number of amides is 1. The lowest BCUT2D eigenvalue weighted by molar-refractivity contribution is -0.229. The molecule has 2 saturated heterocycles. The van der Waals surface area contributed by atoms with Gasteiger partial charge in [0.15, 0.2) is 0 Å². The molecule has 3 rings (SSSR count). The number of hydrogen-bond donors (Lipinski definition) is 0. The molecule has 2 atom stereocenters. The molecule has 0 aromatic carbocycles. The van der Waals surface area contributed by atoms with Crippen LogP contribution in [0, 0.1) is 5.41 Å². The second kappa shape index (κ2) is 2.97. The normalized spacial score (nSPS) is 45.1. The number of rotatable bonds is 0. The molecule has 1 amide bonds. The van der Waals surface area contributed by atoms with Crippen LogP contribution in [0.25, 0.3) is 0 Å². The van der Waals surface area contributed by atoms with Crippen molar-refractivity contribution in [2.45, 2.75) is 51.2 Å². The number of ether oxygens (including phenoxy) is 1. The second-order valence-corrected chi connectivity index (χ2v) is 5.48. The lowest BCUT2D eigenvalue weighted by Gasteiger charge is -2.52. The Hall–Kier alpha value is -0.570. The summed E-state index contributed by atoms with van der Waals surface area (Å²) in [4.78, 5) is 14.1. The summed E-state index contributed by atoms with van der Waals surface area (Å²) in [6.07, 6.45) is 6.36. The highest BCUT2D eigenvalue weighted by Crippen LogP contribution is 2.56. The summed E-state index contributed by atoms with van der Waals surface area (Å²) in [6, 6.07) is 0. The summed E-state index contributed by atoms with van der Waals surface area (Å²) in [5, 5.41) is 0. The molecule has 84 valence electrons. The van der Waals surface area contributed by atoms with Crippen molar-refractivity contribution in [2.24, 2.45) is 5.41 Å². The molecule has 1 saturated carbocycles. The number of carbonyl (C=O) groups excluding carboxylic acids is 1. The second-order valence-electron chi connectivity index (χ2n) is 5.48. The predicted molar refractivity (Wildman–Crippen MR) is 56.2 cm³/mol. The maximum absolute atomic E-state index is 12.0. The number of nitrogens with zero attached hydrogens (tertiary/aromatic N) is 1. The van der Waals surface area contributed by atoms with E-state index in [4.69, 9.17) is 4.74 Å². The van der Waals surface area contributed by atoms with Crippen LogP contribution in [-0.2, 0) is 9.53 Å². The van der Waals surface area contributed by atoms with Gasteiger partial charge in [0.05, 0.1) is 6.61 Å². The zero-order chi connectivity index (χ0) is 10.5. The average molecular weight is 209 g/mol. The summed E-state index contributed by atoms with van der Waals surface area (Å²) in [5.74, 6) is 0.319. The highest BCUT2D eigenvalue weighted by molar-refractivity contribution is 5.81. The lowest BCUT2D eigenvalue weighted by atomic mass is 9.69. The fraction of sp³-hybridized carbons (Fsp3) is 0.917. The molecule has 2 aliphatic heterocycles. The van der Waals surface area contributed by atoms with Gasteiger partial charge in [0.2, 0.25) is 5.91 Å². The summed E-state index contributed by atoms with van der Waals surface area (Å²) < 4.78 is 6.07. The van der Waals surface area contributed by atoms with Crippen LogP contribution in [0.2, 0.25) is 0 Å². The molecule has 0 bridgehead atoms. The van der Waals surface area contributed by atoms with Crippen molar-refractivity contribution in [2.75, 3.05) is 13.2 Å². The monoisotopic (exact) mass is 209 g/mol. The van der Waals surface area contributed by atoms with Crippen LogP contribution in [0.15, 0.2) is 0 Å². The van der Waals surface area contributed by atoms with E-state index in [0.29, 0.717) is 12.3 Å². The average Bonchev–Trinajstić information content (AvgIpc) is 2.47. The van der Waals surface area contributed by atoms with Gasteiger partial charge in [-0.05, 0) is 25.7 Å². The van der Waals surface area contributed by atoms with Crippen LogP contribution < -0.4 is 0 Å². The molecular weight excluding hydrogens is 190 g/mol. The summed E-state index contributed by atoms with van der Waals surface area (Å²) >= 11 is 0. The Morgan fingerprint density at radius 2 is 2.07 bits per heavy atom. The fourth-order valence-corrected chi connectivity index (χ4v) is 3.79. The van der Waals surface area contributed by atoms with Gasteiger partial charge in [-0.2, -0.15) is 0 Å². The van der Waals surface area contributed by atoms with Gasteiger partial charge in [-0.3, -0.25) is 4.79 Å². The minimum absolute atomic E-state index is 0.0861. The molecule has 1 spiro atoms. The van der Waals surface area contributed by atoms with Gasteiger partial charge >= 0.3 is 0 Å².